The normalized spacial score (nSPS) is 10.1. The van der Waals surface area contributed by atoms with Gasteiger partial charge in [0.05, 0.1) is 11.3 Å². The molecule has 2 aromatic carbocycles. The SMILES string of the molecule is O=C(O)c1ccc(Nc2cccc(Br)c2)c(F)c1. The maximum absolute atomic E-state index is 13.7. The summed E-state index contributed by atoms with van der Waals surface area (Å²) in [5, 5.41) is 11.6. The number of anilines is 2. The van der Waals surface area contributed by atoms with Crippen molar-refractivity contribution in [3.8, 4) is 0 Å². The molecule has 0 radical (unpaired) electrons. The smallest absolute Gasteiger partial charge is 0.335 e. The lowest BCUT2D eigenvalue weighted by molar-refractivity contribution is 0.0696. The van der Waals surface area contributed by atoms with Crippen LogP contribution < -0.4 is 5.32 Å². The number of aromatic carboxylic acids is 1. The first-order chi connectivity index (χ1) is 8.56. The average molecular weight is 310 g/mol. The van der Waals surface area contributed by atoms with E-state index in [1.807, 2.05) is 12.1 Å². The number of hydrogen-bond acceptors (Lipinski definition) is 2. The van der Waals surface area contributed by atoms with Crippen LogP contribution in [0.3, 0.4) is 0 Å². The zero-order chi connectivity index (χ0) is 13.1. The summed E-state index contributed by atoms with van der Waals surface area (Å²) < 4.78 is 14.5. The highest BCUT2D eigenvalue weighted by Crippen LogP contribution is 2.23. The lowest BCUT2D eigenvalue weighted by atomic mass is 10.2. The quantitative estimate of drug-likeness (QED) is 0.900. The fourth-order valence-electron chi connectivity index (χ4n) is 1.47. The molecular formula is C13H9BrFNO2. The summed E-state index contributed by atoms with van der Waals surface area (Å²) in [7, 11) is 0. The highest BCUT2D eigenvalue weighted by molar-refractivity contribution is 9.10. The Balaban J connectivity index is 2.27. The van der Waals surface area contributed by atoms with Crippen LogP contribution in [-0.4, -0.2) is 11.1 Å². The first-order valence-electron chi connectivity index (χ1n) is 5.12. The van der Waals surface area contributed by atoms with Gasteiger partial charge in [-0.15, -0.1) is 0 Å². The molecule has 0 bridgehead atoms. The molecule has 0 aromatic heterocycles. The van der Waals surface area contributed by atoms with Crippen molar-refractivity contribution in [1.82, 2.24) is 0 Å². The predicted octanol–water partition coefficient (Wildman–Crippen LogP) is 4.03. The Kier molecular flexibility index (Phi) is 3.62. The summed E-state index contributed by atoms with van der Waals surface area (Å²) in [4.78, 5) is 10.7. The third kappa shape index (κ3) is 2.87. The van der Waals surface area contributed by atoms with Crippen LogP contribution in [0.1, 0.15) is 10.4 Å². The first-order valence-corrected chi connectivity index (χ1v) is 5.91. The molecule has 0 spiro atoms. The van der Waals surface area contributed by atoms with Gasteiger partial charge in [0.2, 0.25) is 0 Å². The van der Waals surface area contributed by atoms with E-state index < -0.39 is 11.8 Å². The lowest BCUT2D eigenvalue weighted by Crippen LogP contribution is -1.99. The summed E-state index contributed by atoms with van der Waals surface area (Å²) in [5.41, 5.74) is 0.872. The van der Waals surface area contributed by atoms with Crippen molar-refractivity contribution in [2.45, 2.75) is 0 Å². The molecule has 0 heterocycles. The lowest BCUT2D eigenvalue weighted by Gasteiger charge is -2.08. The maximum atomic E-state index is 13.7. The van der Waals surface area contributed by atoms with E-state index in [0.29, 0.717) is 5.69 Å². The van der Waals surface area contributed by atoms with Crippen LogP contribution in [0.25, 0.3) is 0 Å². The monoisotopic (exact) mass is 309 g/mol. The minimum absolute atomic E-state index is 0.0766. The molecule has 2 rings (SSSR count). The van der Waals surface area contributed by atoms with Gasteiger partial charge < -0.3 is 10.4 Å². The van der Waals surface area contributed by atoms with Gasteiger partial charge >= 0.3 is 5.97 Å². The molecule has 0 aliphatic rings. The summed E-state index contributed by atoms with van der Waals surface area (Å²) in [6, 6.07) is 11.0. The number of benzene rings is 2. The van der Waals surface area contributed by atoms with E-state index in [9.17, 15) is 9.18 Å². The largest absolute Gasteiger partial charge is 0.478 e. The second kappa shape index (κ2) is 5.18. The fraction of sp³-hybridized carbons (Fsp3) is 0. The molecule has 0 fully saturated rings. The van der Waals surface area contributed by atoms with E-state index >= 15 is 0 Å². The van der Waals surface area contributed by atoms with Gasteiger partial charge in [-0.1, -0.05) is 22.0 Å². The highest BCUT2D eigenvalue weighted by Gasteiger charge is 2.08. The Labute approximate surface area is 111 Å². The number of carbonyl (C=O) groups is 1. The van der Waals surface area contributed by atoms with Crippen LogP contribution >= 0.6 is 15.9 Å². The van der Waals surface area contributed by atoms with E-state index in [-0.39, 0.29) is 11.3 Å². The number of nitrogens with one attached hydrogen (secondary N) is 1. The van der Waals surface area contributed by atoms with Gasteiger partial charge in [0.15, 0.2) is 0 Å². The molecule has 0 saturated heterocycles. The van der Waals surface area contributed by atoms with Crippen molar-refractivity contribution < 1.29 is 14.3 Å². The molecule has 2 N–H and O–H groups in total. The number of halogens is 2. The van der Waals surface area contributed by atoms with Gasteiger partial charge in [-0.05, 0) is 36.4 Å². The molecule has 18 heavy (non-hydrogen) atoms. The predicted molar refractivity (Wildman–Crippen MR) is 70.8 cm³/mol. The van der Waals surface area contributed by atoms with Crippen LogP contribution in [0.2, 0.25) is 0 Å². The molecule has 92 valence electrons. The molecule has 3 nitrogen and oxygen atoms in total. The third-order valence-electron chi connectivity index (χ3n) is 2.32. The van der Waals surface area contributed by atoms with Gasteiger partial charge in [-0.25, -0.2) is 9.18 Å². The van der Waals surface area contributed by atoms with Crippen LogP contribution in [0.5, 0.6) is 0 Å². The second-order valence-corrected chi connectivity index (χ2v) is 4.55. The van der Waals surface area contributed by atoms with Crippen molar-refractivity contribution in [3.63, 3.8) is 0 Å². The Morgan fingerprint density at radius 1 is 1.22 bits per heavy atom. The van der Waals surface area contributed by atoms with Crippen LogP contribution in [0.15, 0.2) is 46.9 Å². The molecular weight excluding hydrogens is 301 g/mol. The molecule has 0 saturated carbocycles. The highest BCUT2D eigenvalue weighted by atomic mass is 79.9. The van der Waals surface area contributed by atoms with E-state index in [1.54, 1.807) is 12.1 Å². The summed E-state index contributed by atoms with van der Waals surface area (Å²) in [6.07, 6.45) is 0. The Bertz CT molecular complexity index is 601. The number of rotatable bonds is 3. The second-order valence-electron chi connectivity index (χ2n) is 3.64. The van der Waals surface area contributed by atoms with Gasteiger partial charge in [0.25, 0.3) is 0 Å². The molecule has 0 atom stereocenters. The van der Waals surface area contributed by atoms with Gasteiger partial charge in [-0.2, -0.15) is 0 Å². The first kappa shape index (κ1) is 12.6. The van der Waals surface area contributed by atoms with Gasteiger partial charge in [0, 0.05) is 10.2 Å². The van der Waals surface area contributed by atoms with E-state index in [0.717, 1.165) is 10.5 Å². The minimum Gasteiger partial charge on any atom is -0.478 e. The Morgan fingerprint density at radius 3 is 2.61 bits per heavy atom. The molecule has 0 aliphatic carbocycles. The zero-order valence-corrected chi connectivity index (χ0v) is 10.7. The summed E-state index contributed by atoms with van der Waals surface area (Å²) >= 11 is 3.31. The molecule has 0 unspecified atom stereocenters. The molecule has 0 amide bonds. The van der Waals surface area contributed by atoms with Crippen LogP contribution in [-0.2, 0) is 0 Å². The maximum Gasteiger partial charge on any atom is 0.335 e. The Morgan fingerprint density at radius 2 is 2.00 bits per heavy atom. The number of hydrogen-bond donors (Lipinski definition) is 2. The van der Waals surface area contributed by atoms with E-state index in [2.05, 4.69) is 21.2 Å². The van der Waals surface area contributed by atoms with Crippen LogP contribution in [0.4, 0.5) is 15.8 Å². The minimum atomic E-state index is -1.15. The topological polar surface area (TPSA) is 49.3 Å². The van der Waals surface area contributed by atoms with E-state index in [1.165, 1.54) is 12.1 Å². The number of carboxylic acids is 1. The zero-order valence-electron chi connectivity index (χ0n) is 9.15. The third-order valence-corrected chi connectivity index (χ3v) is 2.81. The van der Waals surface area contributed by atoms with Crippen molar-refractivity contribution in [2.75, 3.05) is 5.32 Å². The number of carboxylic acid groups (broad SMARTS) is 1. The Hall–Kier alpha value is -1.88. The van der Waals surface area contributed by atoms with Crippen molar-refractivity contribution in [3.05, 3.63) is 58.3 Å². The molecule has 2 aromatic rings. The summed E-state index contributed by atoms with van der Waals surface area (Å²) in [6.45, 7) is 0. The average Bonchev–Trinajstić information content (AvgIpc) is 2.31. The standard InChI is InChI=1S/C13H9BrFNO2/c14-9-2-1-3-10(7-9)16-12-5-4-8(13(17)18)6-11(12)15/h1-7,16H,(H,17,18). The van der Waals surface area contributed by atoms with Gasteiger partial charge in [-0.3, -0.25) is 0 Å². The van der Waals surface area contributed by atoms with Crippen molar-refractivity contribution >= 4 is 33.3 Å². The fourth-order valence-corrected chi connectivity index (χ4v) is 1.87. The molecule has 5 heteroatoms. The van der Waals surface area contributed by atoms with Crippen molar-refractivity contribution in [2.24, 2.45) is 0 Å². The van der Waals surface area contributed by atoms with Crippen molar-refractivity contribution in [1.29, 1.82) is 0 Å². The summed E-state index contributed by atoms with van der Waals surface area (Å²) in [5.74, 6) is -1.75. The van der Waals surface area contributed by atoms with E-state index in [4.69, 9.17) is 5.11 Å². The van der Waals surface area contributed by atoms with Crippen LogP contribution in [0, 0.1) is 5.82 Å². The molecule has 0 aliphatic heterocycles. The van der Waals surface area contributed by atoms with Gasteiger partial charge in [0.1, 0.15) is 5.82 Å².